The number of carbonyl (C=O) groups is 1. The highest BCUT2D eigenvalue weighted by Crippen LogP contribution is 2.32. The number of halogens is 1. The Morgan fingerprint density at radius 3 is 2.88 bits per heavy atom. The minimum atomic E-state index is -1.10. The van der Waals surface area contributed by atoms with Gasteiger partial charge in [-0.2, -0.15) is 5.10 Å². The molecule has 0 radical (unpaired) electrons. The van der Waals surface area contributed by atoms with Crippen LogP contribution in [-0.4, -0.2) is 52.1 Å². The van der Waals surface area contributed by atoms with Gasteiger partial charge in [0.05, 0.1) is 18.9 Å². The number of hydrogen-bond donors (Lipinski definition) is 2. The van der Waals surface area contributed by atoms with Crippen LogP contribution in [0.5, 0.6) is 5.75 Å². The molecule has 5 rings (SSSR count). The molecule has 4 aromatic rings. The lowest BCUT2D eigenvalue weighted by Gasteiger charge is -2.28. The van der Waals surface area contributed by atoms with E-state index in [1.54, 1.807) is 17.8 Å². The average molecular weight is 453 g/mol. The third-order valence-electron chi connectivity index (χ3n) is 5.34. The van der Waals surface area contributed by atoms with Crippen molar-refractivity contribution in [2.75, 3.05) is 36.5 Å². The fourth-order valence-electron chi connectivity index (χ4n) is 3.85. The van der Waals surface area contributed by atoms with Crippen molar-refractivity contribution in [1.29, 1.82) is 0 Å². The highest BCUT2D eigenvalue weighted by atomic mass is 32.1. The molecule has 0 bridgehead atoms. The highest BCUT2D eigenvalue weighted by Gasteiger charge is 2.28. The summed E-state index contributed by atoms with van der Waals surface area (Å²) in [4.78, 5) is 19.5. The number of ether oxygens (including phenoxy) is 1. The normalized spacial score (nSPS) is 15.1. The van der Waals surface area contributed by atoms with Crippen molar-refractivity contribution < 1.29 is 19.0 Å². The highest BCUT2D eigenvalue weighted by molar-refractivity contribution is 7.13. The first-order chi connectivity index (χ1) is 15.6. The van der Waals surface area contributed by atoms with Crippen LogP contribution in [0.25, 0.3) is 10.9 Å². The number of amides is 1. The van der Waals surface area contributed by atoms with Crippen LogP contribution in [0.1, 0.15) is 11.6 Å². The molecular formula is C22H20FN5O3S. The summed E-state index contributed by atoms with van der Waals surface area (Å²) in [5.74, 6) is -1.24. The van der Waals surface area contributed by atoms with E-state index in [0.717, 1.165) is 41.8 Å². The molecule has 1 aliphatic rings. The van der Waals surface area contributed by atoms with Gasteiger partial charge in [0, 0.05) is 41.8 Å². The van der Waals surface area contributed by atoms with Crippen molar-refractivity contribution in [2.45, 2.75) is 6.04 Å². The van der Waals surface area contributed by atoms with Crippen molar-refractivity contribution in [3.63, 3.8) is 0 Å². The van der Waals surface area contributed by atoms with Crippen molar-refractivity contribution in [3.8, 4) is 5.75 Å². The Balaban J connectivity index is 1.60. The molecule has 1 aliphatic heterocycles. The zero-order valence-electron chi connectivity index (χ0n) is 16.9. The summed E-state index contributed by atoms with van der Waals surface area (Å²) >= 11 is 1.26. The minimum Gasteiger partial charge on any atom is -0.508 e. The Labute approximate surface area is 186 Å². The largest absolute Gasteiger partial charge is 0.508 e. The number of morpholine rings is 1. The average Bonchev–Trinajstić information content (AvgIpc) is 3.46. The molecule has 1 saturated heterocycles. The number of nitrogens with one attached hydrogen (secondary N) is 1. The Kier molecular flexibility index (Phi) is 5.46. The van der Waals surface area contributed by atoms with E-state index < -0.39 is 17.8 Å². The van der Waals surface area contributed by atoms with E-state index in [-0.39, 0.29) is 11.3 Å². The van der Waals surface area contributed by atoms with Gasteiger partial charge in [-0.15, -0.1) is 11.3 Å². The molecule has 8 nitrogen and oxygen atoms in total. The third kappa shape index (κ3) is 3.90. The van der Waals surface area contributed by atoms with Crippen molar-refractivity contribution in [1.82, 2.24) is 14.8 Å². The van der Waals surface area contributed by atoms with Gasteiger partial charge in [0.1, 0.15) is 17.1 Å². The number of fused-ring (bicyclic) bond motifs is 1. The summed E-state index contributed by atoms with van der Waals surface area (Å²) in [6.45, 7) is 2.75. The van der Waals surface area contributed by atoms with E-state index in [1.807, 2.05) is 18.2 Å². The Hall–Kier alpha value is -3.50. The number of phenolic OH excluding ortho intramolecular Hbond substituents is 1. The van der Waals surface area contributed by atoms with E-state index >= 15 is 0 Å². The minimum absolute atomic E-state index is 0.111. The van der Waals surface area contributed by atoms with Crippen LogP contribution in [-0.2, 0) is 9.53 Å². The van der Waals surface area contributed by atoms with E-state index in [4.69, 9.17) is 9.84 Å². The molecule has 1 fully saturated rings. The molecule has 1 atom stereocenters. The van der Waals surface area contributed by atoms with Crippen LogP contribution in [0, 0.1) is 5.82 Å². The fourth-order valence-corrected chi connectivity index (χ4v) is 4.38. The first kappa shape index (κ1) is 20.4. The first-order valence-corrected chi connectivity index (χ1v) is 11.0. The van der Waals surface area contributed by atoms with Crippen LogP contribution < -0.4 is 10.2 Å². The third-order valence-corrected chi connectivity index (χ3v) is 6.03. The van der Waals surface area contributed by atoms with Gasteiger partial charge in [-0.05, 0) is 24.3 Å². The van der Waals surface area contributed by atoms with Crippen LogP contribution in [0.2, 0.25) is 0 Å². The van der Waals surface area contributed by atoms with E-state index in [2.05, 4.69) is 15.2 Å². The molecule has 1 amide bonds. The quantitative estimate of drug-likeness (QED) is 0.481. The maximum atomic E-state index is 14.1. The lowest BCUT2D eigenvalue weighted by Crippen LogP contribution is -2.36. The maximum Gasteiger partial charge on any atom is 0.255 e. The van der Waals surface area contributed by atoms with Gasteiger partial charge in [-0.1, -0.05) is 12.1 Å². The lowest BCUT2D eigenvalue weighted by molar-refractivity contribution is -0.118. The topological polar surface area (TPSA) is 92.5 Å². The van der Waals surface area contributed by atoms with Crippen LogP contribution in [0.4, 0.5) is 15.2 Å². The van der Waals surface area contributed by atoms with Gasteiger partial charge >= 0.3 is 0 Å². The Bertz CT molecular complexity index is 1250. The molecule has 2 aromatic carbocycles. The number of carbonyl (C=O) groups excluding carboxylic acids is 1. The van der Waals surface area contributed by atoms with Crippen LogP contribution in [0.3, 0.4) is 0 Å². The second-order valence-electron chi connectivity index (χ2n) is 7.36. The molecule has 2 N–H and O–H groups in total. The predicted octanol–water partition coefficient (Wildman–Crippen LogP) is 3.40. The van der Waals surface area contributed by atoms with Gasteiger partial charge in [0.15, 0.2) is 11.2 Å². The van der Waals surface area contributed by atoms with Crippen molar-refractivity contribution in [3.05, 3.63) is 65.6 Å². The summed E-state index contributed by atoms with van der Waals surface area (Å²) in [5.41, 5.74) is 1.77. The van der Waals surface area contributed by atoms with E-state index in [9.17, 15) is 14.3 Å². The molecular weight excluding hydrogens is 433 g/mol. The molecule has 164 valence electrons. The van der Waals surface area contributed by atoms with Crippen molar-refractivity contribution >= 4 is 39.0 Å². The van der Waals surface area contributed by atoms with Crippen LogP contribution >= 0.6 is 11.3 Å². The molecule has 1 unspecified atom stereocenters. The number of aromatic hydroxyl groups is 1. The number of benzene rings is 2. The van der Waals surface area contributed by atoms with Gasteiger partial charge in [-0.25, -0.2) is 9.37 Å². The van der Waals surface area contributed by atoms with E-state index in [1.165, 1.54) is 22.1 Å². The predicted molar refractivity (Wildman–Crippen MR) is 120 cm³/mol. The van der Waals surface area contributed by atoms with Gasteiger partial charge < -0.3 is 14.7 Å². The van der Waals surface area contributed by atoms with E-state index in [0.29, 0.717) is 18.3 Å². The number of aromatic nitrogens is 3. The van der Waals surface area contributed by atoms with Gasteiger partial charge in [-0.3, -0.25) is 14.8 Å². The number of rotatable bonds is 5. The molecule has 0 aliphatic carbocycles. The molecule has 10 heteroatoms. The zero-order chi connectivity index (χ0) is 22.1. The first-order valence-electron chi connectivity index (χ1n) is 10.1. The van der Waals surface area contributed by atoms with Gasteiger partial charge in [0.2, 0.25) is 0 Å². The number of nitrogens with zero attached hydrogens (tertiary/aromatic N) is 4. The zero-order valence-corrected chi connectivity index (χ0v) is 17.8. The summed E-state index contributed by atoms with van der Waals surface area (Å²) in [6, 6.07) is 8.25. The second-order valence-corrected chi connectivity index (χ2v) is 8.25. The summed E-state index contributed by atoms with van der Waals surface area (Å²) < 4.78 is 21.0. The second kappa shape index (κ2) is 8.56. The Morgan fingerprint density at radius 2 is 2.09 bits per heavy atom. The number of anilines is 2. The SMILES string of the molecule is O=C(Nc1nccs1)C(c1cc(F)ccc1O)n1cc2cccc(N3CCOCC3)c2n1. The molecule has 2 aromatic heterocycles. The summed E-state index contributed by atoms with van der Waals surface area (Å²) in [6.07, 6.45) is 3.31. The summed E-state index contributed by atoms with van der Waals surface area (Å²) in [5, 5.41) is 20.9. The smallest absolute Gasteiger partial charge is 0.255 e. The number of hydrogen-bond acceptors (Lipinski definition) is 7. The Morgan fingerprint density at radius 1 is 1.25 bits per heavy atom. The van der Waals surface area contributed by atoms with Gasteiger partial charge in [0.25, 0.3) is 5.91 Å². The fraction of sp³-hybridized carbons (Fsp3) is 0.227. The van der Waals surface area contributed by atoms with Crippen LogP contribution in [0.15, 0.2) is 54.2 Å². The molecule has 0 spiro atoms. The lowest BCUT2D eigenvalue weighted by atomic mass is 10.0. The van der Waals surface area contributed by atoms with Crippen molar-refractivity contribution in [2.24, 2.45) is 0 Å². The monoisotopic (exact) mass is 453 g/mol. The molecule has 0 saturated carbocycles. The standard InChI is InChI=1S/C22H20FN5O3S/c23-15-4-5-18(29)16(12-15)20(21(30)25-22-24-6-11-32-22)28-13-14-2-1-3-17(19(14)26-28)27-7-9-31-10-8-27/h1-6,11-13,20,29H,7-10H2,(H,24,25,30). The summed E-state index contributed by atoms with van der Waals surface area (Å²) in [7, 11) is 0. The molecule has 32 heavy (non-hydrogen) atoms. The number of phenols is 1. The molecule has 3 heterocycles. The maximum absolute atomic E-state index is 14.1. The number of thiazole rings is 1.